The van der Waals surface area contributed by atoms with Crippen LogP contribution >= 0.6 is 0 Å². The van der Waals surface area contributed by atoms with Crippen LogP contribution in [0, 0.1) is 5.92 Å². The van der Waals surface area contributed by atoms with Crippen molar-refractivity contribution in [3.63, 3.8) is 0 Å². The van der Waals surface area contributed by atoms with Crippen LogP contribution in [0.15, 0.2) is 0 Å². The Balaban J connectivity index is 2.53. The smallest absolute Gasteiger partial charge is 0.233 e. The maximum atomic E-state index is 11.1. The molecule has 0 aromatic rings. The summed E-state index contributed by atoms with van der Waals surface area (Å²) in [6.07, 6.45) is 7.79. The van der Waals surface area contributed by atoms with E-state index in [1.807, 2.05) is 20.8 Å². The minimum atomic E-state index is -0.416. The molecule has 1 rings (SSSR count). The number of carbonyl (C=O) groups is 1. The first-order valence-corrected chi connectivity index (χ1v) is 7.00. The number of rotatable bonds is 6. The minimum Gasteiger partial charge on any atom is -0.394 e. The Morgan fingerprint density at radius 1 is 1.33 bits per heavy atom. The number of aliphatic hydroxyl groups excluding tert-OH is 1. The molecule has 1 saturated carbocycles. The number of aliphatic hydroxyl groups is 1. The van der Waals surface area contributed by atoms with Crippen molar-refractivity contribution in [1.82, 2.24) is 5.06 Å². The highest BCUT2D eigenvalue weighted by Crippen LogP contribution is 2.28. The van der Waals surface area contributed by atoms with Gasteiger partial charge in [-0.1, -0.05) is 32.1 Å². The van der Waals surface area contributed by atoms with Crippen molar-refractivity contribution in [3.05, 3.63) is 0 Å². The third kappa shape index (κ3) is 5.36. The van der Waals surface area contributed by atoms with Crippen molar-refractivity contribution in [1.29, 1.82) is 0 Å². The minimum absolute atomic E-state index is 0.0364. The van der Waals surface area contributed by atoms with Crippen molar-refractivity contribution in [2.45, 2.75) is 70.9 Å². The predicted octanol–water partition coefficient (Wildman–Crippen LogP) is 2.51. The summed E-state index contributed by atoms with van der Waals surface area (Å²) in [5, 5.41) is 10.8. The lowest BCUT2D eigenvalue weighted by molar-refractivity contribution is -0.238. The fraction of sp³-hybridized carbons (Fsp3) is 0.929. The Morgan fingerprint density at radius 3 is 2.39 bits per heavy atom. The van der Waals surface area contributed by atoms with E-state index in [9.17, 15) is 9.90 Å². The van der Waals surface area contributed by atoms with Gasteiger partial charge < -0.3 is 5.11 Å². The normalized spacial score (nSPS) is 19.6. The number of carbonyl (C=O) groups excluding carboxylic acids is 1. The van der Waals surface area contributed by atoms with Crippen LogP contribution in [0.4, 0.5) is 0 Å². The van der Waals surface area contributed by atoms with Gasteiger partial charge in [0.05, 0.1) is 18.2 Å². The van der Waals surface area contributed by atoms with Gasteiger partial charge >= 0.3 is 0 Å². The van der Waals surface area contributed by atoms with Crippen molar-refractivity contribution >= 4 is 6.41 Å². The van der Waals surface area contributed by atoms with Crippen molar-refractivity contribution in [2.24, 2.45) is 5.92 Å². The molecular weight excluding hydrogens is 230 g/mol. The second kappa shape index (κ2) is 7.10. The fourth-order valence-corrected chi connectivity index (χ4v) is 2.56. The van der Waals surface area contributed by atoms with Crippen LogP contribution in [0.5, 0.6) is 0 Å². The number of nitrogens with zero attached hydrogens (tertiary/aromatic N) is 1. The number of hydrogen-bond acceptors (Lipinski definition) is 3. The predicted molar refractivity (Wildman–Crippen MR) is 70.8 cm³/mol. The number of hydroxylamine groups is 2. The molecule has 1 amide bonds. The zero-order valence-electron chi connectivity index (χ0n) is 11.9. The zero-order chi connectivity index (χ0) is 13.6. The quantitative estimate of drug-likeness (QED) is 0.587. The van der Waals surface area contributed by atoms with Gasteiger partial charge in [0, 0.05) is 0 Å². The largest absolute Gasteiger partial charge is 0.394 e. The van der Waals surface area contributed by atoms with Gasteiger partial charge in [0.15, 0.2) is 0 Å². The van der Waals surface area contributed by atoms with E-state index in [-0.39, 0.29) is 12.6 Å². The second-order valence-corrected chi connectivity index (χ2v) is 6.25. The van der Waals surface area contributed by atoms with E-state index in [2.05, 4.69) is 0 Å². The monoisotopic (exact) mass is 257 g/mol. The first kappa shape index (κ1) is 15.4. The lowest BCUT2D eigenvalue weighted by atomic mass is 9.85. The lowest BCUT2D eigenvalue weighted by Crippen LogP contribution is -2.43. The molecule has 106 valence electrons. The molecule has 0 radical (unpaired) electrons. The molecule has 0 aromatic heterocycles. The van der Waals surface area contributed by atoms with Gasteiger partial charge in [-0.3, -0.25) is 9.63 Å². The molecule has 0 aliphatic heterocycles. The van der Waals surface area contributed by atoms with Crippen LogP contribution in [0.2, 0.25) is 0 Å². The molecule has 1 atom stereocenters. The molecule has 0 bridgehead atoms. The molecule has 1 N–H and O–H groups in total. The summed E-state index contributed by atoms with van der Waals surface area (Å²) >= 11 is 0. The summed E-state index contributed by atoms with van der Waals surface area (Å²) in [6, 6.07) is -0.218. The van der Waals surface area contributed by atoms with Crippen LogP contribution in [0.25, 0.3) is 0 Å². The molecule has 1 aliphatic rings. The van der Waals surface area contributed by atoms with Gasteiger partial charge in [-0.15, -0.1) is 0 Å². The van der Waals surface area contributed by atoms with E-state index in [1.54, 1.807) is 0 Å². The zero-order valence-corrected chi connectivity index (χ0v) is 11.9. The molecule has 4 heteroatoms. The first-order valence-electron chi connectivity index (χ1n) is 7.00. The lowest BCUT2D eigenvalue weighted by Gasteiger charge is -2.34. The van der Waals surface area contributed by atoms with E-state index in [0.717, 1.165) is 6.42 Å². The van der Waals surface area contributed by atoms with Gasteiger partial charge in [-0.25, -0.2) is 5.06 Å². The molecule has 0 aromatic carbocycles. The maximum Gasteiger partial charge on any atom is 0.233 e. The van der Waals surface area contributed by atoms with E-state index in [4.69, 9.17) is 4.84 Å². The van der Waals surface area contributed by atoms with Crippen LogP contribution < -0.4 is 0 Å². The van der Waals surface area contributed by atoms with Crippen LogP contribution in [0.1, 0.15) is 59.3 Å². The first-order chi connectivity index (χ1) is 8.46. The molecule has 1 unspecified atom stereocenters. The molecule has 0 spiro atoms. The topological polar surface area (TPSA) is 49.8 Å². The van der Waals surface area contributed by atoms with Gasteiger partial charge in [-0.05, 0) is 33.1 Å². The Kier molecular flexibility index (Phi) is 6.09. The Bertz CT molecular complexity index is 244. The summed E-state index contributed by atoms with van der Waals surface area (Å²) in [5.74, 6) is 0.613. The molecular formula is C14H27NO3. The summed E-state index contributed by atoms with van der Waals surface area (Å²) in [6.45, 7) is 5.67. The third-order valence-electron chi connectivity index (χ3n) is 3.38. The summed E-state index contributed by atoms with van der Waals surface area (Å²) in [7, 11) is 0. The van der Waals surface area contributed by atoms with Crippen LogP contribution in [0.3, 0.4) is 0 Å². The van der Waals surface area contributed by atoms with Gasteiger partial charge in [0.25, 0.3) is 0 Å². The van der Waals surface area contributed by atoms with E-state index in [1.165, 1.54) is 37.2 Å². The number of amides is 1. The van der Waals surface area contributed by atoms with E-state index >= 15 is 0 Å². The third-order valence-corrected chi connectivity index (χ3v) is 3.38. The molecule has 18 heavy (non-hydrogen) atoms. The highest BCUT2D eigenvalue weighted by molar-refractivity contribution is 5.45. The summed E-state index contributed by atoms with van der Waals surface area (Å²) in [5.41, 5.74) is -0.416. The Hall–Kier alpha value is -0.610. The Morgan fingerprint density at radius 2 is 1.94 bits per heavy atom. The van der Waals surface area contributed by atoms with Gasteiger partial charge in [0.2, 0.25) is 6.41 Å². The fourth-order valence-electron chi connectivity index (χ4n) is 2.56. The molecule has 0 saturated heterocycles. The van der Waals surface area contributed by atoms with Crippen molar-refractivity contribution in [3.8, 4) is 0 Å². The average molecular weight is 257 g/mol. The van der Waals surface area contributed by atoms with Gasteiger partial charge in [0.1, 0.15) is 0 Å². The maximum absolute atomic E-state index is 11.1. The Labute approximate surface area is 110 Å². The summed E-state index contributed by atoms with van der Waals surface area (Å²) < 4.78 is 0. The molecule has 1 aliphatic carbocycles. The van der Waals surface area contributed by atoms with Gasteiger partial charge in [-0.2, -0.15) is 0 Å². The van der Waals surface area contributed by atoms with E-state index in [0.29, 0.717) is 12.3 Å². The molecule has 0 heterocycles. The highest BCUT2D eigenvalue weighted by Gasteiger charge is 2.26. The van der Waals surface area contributed by atoms with E-state index < -0.39 is 5.60 Å². The number of hydrogen-bond donors (Lipinski definition) is 1. The average Bonchev–Trinajstić information content (AvgIpc) is 2.33. The summed E-state index contributed by atoms with van der Waals surface area (Å²) in [4.78, 5) is 16.7. The van der Waals surface area contributed by atoms with Crippen LogP contribution in [-0.2, 0) is 9.63 Å². The molecule has 4 nitrogen and oxygen atoms in total. The standard InChI is InChI=1S/C14H27NO3/c1-14(2,3)18-15(11-17)13(10-16)9-12-7-5-4-6-8-12/h11-13,16H,4-10H2,1-3H3. The second-order valence-electron chi connectivity index (χ2n) is 6.25. The van der Waals surface area contributed by atoms with Crippen molar-refractivity contribution < 1.29 is 14.7 Å². The molecule has 1 fully saturated rings. The SMILES string of the molecule is CC(C)(C)ON(C=O)C(CO)CC1CCCCC1. The van der Waals surface area contributed by atoms with Crippen LogP contribution in [-0.4, -0.2) is 34.8 Å². The highest BCUT2D eigenvalue weighted by atomic mass is 16.7. The van der Waals surface area contributed by atoms with Crippen molar-refractivity contribution in [2.75, 3.05) is 6.61 Å².